The van der Waals surface area contributed by atoms with Crippen molar-refractivity contribution in [2.45, 2.75) is 20.8 Å². The fourth-order valence-corrected chi connectivity index (χ4v) is 0.999. The number of nitrogens with one attached hydrogen (secondary N) is 2. The quantitative estimate of drug-likeness (QED) is 0.798. The SMILES string of the molecule is Cc1ccc(NC(=O)NCC(C)C)nc1. The highest BCUT2D eigenvalue weighted by atomic mass is 16.2. The molecule has 0 aliphatic carbocycles. The van der Waals surface area contributed by atoms with Crippen molar-refractivity contribution >= 4 is 11.8 Å². The number of carbonyl (C=O) groups excluding carboxylic acids is 1. The van der Waals surface area contributed by atoms with E-state index in [1.54, 1.807) is 12.3 Å². The molecule has 1 rings (SSSR count). The number of aryl methyl sites for hydroxylation is 1. The highest BCUT2D eigenvalue weighted by molar-refractivity contribution is 5.88. The Labute approximate surface area is 90.1 Å². The Morgan fingerprint density at radius 3 is 2.73 bits per heavy atom. The molecule has 1 aromatic rings. The van der Waals surface area contributed by atoms with Crippen LogP contribution in [0.1, 0.15) is 19.4 Å². The van der Waals surface area contributed by atoms with Crippen molar-refractivity contribution in [2.75, 3.05) is 11.9 Å². The molecule has 0 spiro atoms. The van der Waals surface area contributed by atoms with E-state index in [0.717, 1.165) is 5.56 Å². The number of pyridine rings is 1. The van der Waals surface area contributed by atoms with Crippen molar-refractivity contribution in [3.05, 3.63) is 23.9 Å². The lowest BCUT2D eigenvalue weighted by atomic mass is 10.2. The molecule has 0 unspecified atom stereocenters. The van der Waals surface area contributed by atoms with Gasteiger partial charge in [-0.05, 0) is 24.5 Å². The van der Waals surface area contributed by atoms with Crippen LogP contribution in [0, 0.1) is 12.8 Å². The standard InChI is InChI=1S/C11H17N3O/c1-8(2)6-13-11(15)14-10-5-4-9(3)7-12-10/h4-5,7-8H,6H2,1-3H3,(H2,12,13,14,15). The Balaban J connectivity index is 2.41. The van der Waals surface area contributed by atoms with E-state index in [-0.39, 0.29) is 6.03 Å². The van der Waals surface area contributed by atoms with Gasteiger partial charge in [0.2, 0.25) is 0 Å². The molecule has 4 heteroatoms. The number of hydrogen-bond donors (Lipinski definition) is 2. The Morgan fingerprint density at radius 1 is 1.47 bits per heavy atom. The number of aromatic nitrogens is 1. The zero-order chi connectivity index (χ0) is 11.3. The Hall–Kier alpha value is -1.58. The number of urea groups is 1. The summed E-state index contributed by atoms with van der Waals surface area (Å²) in [5, 5.41) is 5.42. The average Bonchev–Trinajstić information content (AvgIpc) is 2.19. The van der Waals surface area contributed by atoms with Gasteiger partial charge in [-0.25, -0.2) is 9.78 Å². The van der Waals surface area contributed by atoms with Gasteiger partial charge in [0.05, 0.1) is 0 Å². The Bertz CT molecular complexity index is 319. The van der Waals surface area contributed by atoms with Gasteiger partial charge in [0, 0.05) is 12.7 Å². The molecular formula is C11H17N3O. The maximum absolute atomic E-state index is 11.3. The first kappa shape index (κ1) is 11.5. The lowest BCUT2D eigenvalue weighted by Gasteiger charge is -2.08. The van der Waals surface area contributed by atoms with Crippen LogP contribution in [-0.2, 0) is 0 Å². The van der Waals surface area contributed by atoms with Crippen molar-refractivity contribution in [2.24, 2.45) is 5.92 Å². The second-order valence-corrected chi connectivity index (χ2v) is 3.95. The summed E-state index contributed by atoms with van der Waals surface area (Å²) in [5.41, 5.74) is 1.07. The molecule has 82 valence electrons. The molecule has 1 heterocycles. The smallest absolute Gasteiger partial charge is 0.320 e. The van der Waals surface area contributed by atoms with Gasteiger partial charge in [-0.3, -0.25) is 5.32 Å². The minimum atomic E-state index is -0.208. The van der Waals surface area contributed by atoms with Crippen LogP contribution in [0.4, 0.5) is 10.6 Å². The van der Waals surface area contributed by atoms with Crippen LogP contribution < -0.4 is 10.6 Å². The van der Waals surface area contributed by atoms with Gasteiger partial charge in [0.15, 0.2) is 0 Å². The maximum Gasteiger partial charge on any atom is 0.320 e. The highest BCUT2D eigenvalue weighted by Crippen LogP contribution is 2.03. The van der Waals surface area contributed by atoms with Crippen LogP contribution in [0.2, 0.25) is 0 Å². The topological polar surface area (TPSA) is 54.0 Å². The molecule has 4 nitrogen and oxygen atoms in total. The summed E-state index contributed by atoms with van der Waals surface area (Å²) in [6.07, 6.45) is 1.72. The molecular weight excluding hydrogens is 190 g/mol. The summed E-state index contributed by atoms with van der Waals surface area (Å²) < 4.78 is 0. The lowest BCUT2D eigenvalue weighted by molar-refractivity contribution is 0.251. The van der Waals surface area contributed by atoms with Gasteiger partial charge >= 0.3 is 6.03 Å². The predicted octanol–water partition coefficient (Wildman–Crippen LogP) is 2.17. The number of rotatable bonds is 3. The molecule has 0 aliphatic rings. The fourth-order valence-electron chi connectivity index (χ4n) is 0.999. The van der Waals surface area contributed by atoms with Gasteiger partial charge in [-0.1, -0.05) is 19.9 Å². The van der Waals surface area contributed by atoms with Crippen molar-refractivity contribution < 1.29 is 4.79 Å². The molecule has 0 atom stereocenters. The van der Waals surface area contributed by atoms with E-state index in [1.165, 1.54) is 0 Å². The van der Waals surface area contributed by atoms with Crippen molar-refractivity contribution in [3.63, 3.8) is 0 Å². The predicted molar refractivity (Wildman–Crippen MR) is 60.8 cm³/mol. The minimum Gasteiger partial charge on any atom is -0.338 e. The Morgan fingerprint density at radius 2 is 2.20 bits per heavy atom. The molecule has 0 saturated carbocycles. The van der Waals surface area contributed by atoms with Crippen LogP contribution in [0.15, 0.2) is 18.3 Å². The number of nitrogens with zero attached hydrogens (tertiary/aromatic N) is 1. The molecule has 2 N–H and O–H groups in total. The second-order valence-electron chi connectivity index (χ2n) is 3.95. The molecule has 0 aromatic carbocycles. The van der Waals surface area contributed by atoms with E-state index in [1.807, 2.05) is 26.8 Å². The summed E-state index contributed by atoms with van der Waals surface area (Å²) >= 11 is 0. The van der Waals surface area contributed by atoms with E-state index in [2.05, 4.69) is 15.6 Å². The van der Waals surface area contributed by atoms with E-state index < -0.39 is 0 Å². The monoisotopic (exact) mass is 207 g/mol. The zero-order valence-electron chi connectivity index (χ0n) is 9.37. The first-order valence-corrected chi connectivity index (χ1v) is 5.05. The van der Waals surface area contributed by atoms with Crippen LogP contribution in [0.25, 0.3) is 0 Å². The lowest BCUT2D eigenvalue weighted by Crippen LogP contribution is -2.31. The van der Waals surface area contributed by atoms with Gasteiger partial charge in [0.25, 0.3) is 0 Å². The van der Waals surface area contributed by atoms with E-state index in [0.29, 0.717) is 18.3 Å². The summed E-state index contributed by atoms with van der Waals surface area (Å²) in [4.78, 5) is 15.4. The van der Waals surface area contributed by atoms with Gasteiger partial charge < -0.3 is 5.32 Å². The highest BCUT2D eigenvalue weighted by Gasteiger charge is 2.02. The van der Waals surface area contributed by atoms with Crippen LogP contribution in [0.3, 0.4) is 0 Å². The largest absolute Gasteiger partial charge is 0.338 e. The molecule has 0 fully saturated rings. The van der Waals surface area contributed by atoms with Gasteiger partial charge in [-0.15, -0.1) is 0 Å². The molecule has 0 saturated heterocycles. The molecule has 0 radical (unpaired) electrons. The third-order valence-corrected chi connectivity index (χ3v) is 1.82. The second kappa shape index (κ2) is 5.34. The minimum absolute atomic E-state index is 0.208. The first-order valence-electron chi connectivity index (χ1n) is 5.05. The van der Waals surface area contributed by atoms with Crippen LogP contribution >= 0.6 is 0 Å². The van der Waals surface area contributed by atoms with Crippen molar-refractivity contribution in [1.82, 2.24) is 10.3 Å². The molecule has 15 heavy (non-hydrogen) atoms. The van der Waals surface area contributed by atoms with Crippen molar-refractivity contribution in [1.29, 1.82) is 0 Å². The zero-order valence-corrected chi connectivity index (χ0v) is 9.37. The molecule has 1 aromatic heterocycles. The summed E-state index contributed by atoms with van der Waals surface area (Å²) in [7, 11) is 0. The summed E-state index contributed by atoms with van der Waals surface area (Å²) in [6.45, 7) is 6.71. The Kier molecular flexibility index (Phi) is 4.09. The van der Waals surface area contributed by atoms with Gasteiger partial charge in [-0.2, -0.15) is 0 Å². The average molecular weight is 207 g/mol. The third-order valence-electron chi connectivity index (χ3n) is 1.82. The first-order chi connectivity index (χ1) is 7.08. The van der Waals surface area contributed by atoms with Crippen molar-refractivity contribution in [3.8, 4) is 0 Å². The molecule has 0 bridgehead atoms. The molecule has 2 amide bonds. The number of anilines is 1. The number of carbonyl (C=O) groups is 1. The van der Waals surface area contributed by atoms with E-state index in [9.17, 15) is 4.79 Å². The fraction of sp³-hybridized carbons (Fsp3) is 0.455. The van der Waals surface area contributed by atoms with E-state index >= 15 is 0 Å². The maximum atomic E-state index is 11.3. The van der Waals surface area contributed by atoms with Gasteiger partial charge in [0.1, 0.15) is 5.82 Å². The van der Waals surface area contributed by atoms with Crippen LogP contribution in [-0.4, -0.2) is 17.6 Å². The normalized spacial score (nSPS) is 10.1. The van der Waals surface area contributed by atoms with Crippen LogP contribution in [0.5, 0.6) is 0 Å². The number of hydrogen-bond acceptors (Lipinski definition) is 2. The number of amides is 2. The molecule has 0 aliphatic heterocycles. The summed E-state index contributed by atoms with van der Waals surface area (Å²) in [6, 6.07) is 3.48. The van der Waals surface area contributed by atoms with E-state index in [4.69, 9.17) is 0 Å². The summed E-state index contributed by atoms with van der Waals surface area (Å²) in [5.74, 6) is 1.02. The third kappa shape index (κ3) is 4.44.